The number of fused-ring (bicyclic) bond motifs is 1. The Morgan fingerprint density at radius 2 is 2.00 bits per heavy atom. The van der Waals surface area contributed by atoms with E-state index in [0.29, 0.717) is 16.7 Å². The van der Waals surface area contributed by atoms with Crippen molar-refractivity contribution in [2.75, 3.05) is 10.5 Å². The fraction of sp³-hybridized carbons (Fsp3) is 0.0769. The summed E-state index contributed by atoms with van der Waals surface area (Å²) in [5, 5.41) is 4.69. The lowest BCUT2D eigenvalue weighted by Crippen LogP contribution is -2.13. The van der Waals surface area contributed by atoms with Gasteiger partial charge in [-0.3, -0.25) is 9.40 Å². The molecule has 3 N–H and O–H groups in total. The zero-order valence-corrected chi connectivity index (χ0v) is 12.0. The molecule has 3 aromatic rings. The fourth-order valence-electron chi connectivity index (χ4n) is 1.95. The van der Waals surface area contributed by atoms with E-state index >= 15 is 0 Å². The normalized spacial score (nSPS) is 11.7. The Morgan fingerprint density at radius 3 is 2.71 bits per heavy atom. The van der Waals surface area contributed by atoms with Gasteiger partial charge in [0.05, 0.1) is 10.4 Å². The molecular formula is C13H13N5O2S. The van der Waals surface area contributed by atoms with Gasteiger partial charge in [0.2, 0.25) is 0 Å². The average molecular weight is 303 g/mol. The first-order chi connectivity index (χ1) is 9.94. The molecule has 2 heterocycles. The van der Waals surface area contributed by atoms with Gasteiger partial charge >= 0.3 is 0 Å². The SMILES string of the molecule is Cn1ccc(NS(=O)(=O)c2ccc3nc(N)ccc3c2)n1. The van der Waals surface area contributed by atoms with Gasteiger partial charge in [-0.25, -0.2) is 13.4 Å². The topological polar surface area (TPSA) is 103 Å². The van der Waals surface area contributed by atoms with Crippen LogP contribution in [0.2, 0.25) is 0 Å². The number of anilines is 2. The molecule has 0 radical (unpaired) electrons. The second-order valence-electron chi connectivity index (χ2n) is 4.57. The van der Waals surface area contributed by atoms with E-state index in [0.717, 1.165) is 0 Å². The summed E-state index contributed by atoms with van der Waals surface area (Å²) >= 11 is 0. The van der Waals surface area contributed by atoms with Crippen LogP contribution in [0.5, 0.6) is 0 Å². The molecule has 0 saturated heterocycles. The lowest BCUT2D eigenvalue weighted by Gasteiger charge is -2.06. The van der Waals surface area contributed by atoms with E-state index in [1.807, 2.05) is 0 Å². The van der Waals surface area contributed by atoms with Crippen LogP contribution in [0, 0.1) is 0 Å². The highest BCUT2D eigenvalue weighted by atomic mass is 32.2. The first kappa shape index (κ1) is 13.4. The zero-order chi connectivity index (χ0) is 15.0. The summed E-state index contributed by atoms with van der Waals surface area (Å²) < 4.78 is 28.6. The van der Waals surface area contributed by atoms with Crippen molar-refractivity contribution >= 4 is 32.6 Å². The molecule has 0 aliphatic heterocycles. The van der Waals surface area contributed by atoms with E-state index < -0.39 is 10.0 Å². The summed E-state index contributed by atoms with van der Waals surface area (Å²) in [7, 11) is -1.97. The smallest absolute Gasteiger partial charge is 0.263 e. The molecule has 0 fully saturated rings. The van der Waals surface area contributed by atoms with Gasteiger partial charge in [-0.05, 0) is 30.3 Å². The molecule has 0 bridgehead atoms. The van der Waals surface area contributed by atoms with Gasteiger partial charge in [0.1, 0.15) is 5.82 Å². The molecule has 0 unspecified atom stereocenters. The van der Waals surface area contributed by atoms with Crippen LogP contribution in [0.15, 0.2) is 47.5 Å². The van der Waals surface area contributed by atoms with Crippen LogP contribution in [0.1, 0.15) is 0 Å². The minimum absolute atomic E-state index is 0.146. The van der Waals surface area contributed by atoms with E-state index in [2.05, 4.69) is 14.8 Å². The molecule has 7 nitrogen and oxygen atoms in total. The number of aromatic nitrogens is 3. The lowest BCUT2D eigenvalue weighted by atomic mass is 10.2. The molecule has 0 spiro atoms. The highest BCUT2D eigenvalue weighted by Crippen LogP contribution is 2.20. The van der Waals surface area contributed by atoms with Crippen molar-refractivity contribution in [2.45, 2.75) is 4.90 Å². The Bertz CT molecular complexity index is 917. The van der Waals surface area contributed by atoms with Crippen LogP contribution in [0.3, 0.4) is 0 Å². The van der Waals surface area contributed by atoms with Crippen molar-refractivity contribution in [1.29, 1.82) is 0 Å². The number of nitrogens with one attached hydrogen (secondary N) is 1. The number of rotatable bonds is 3. The number of hydrogen-bond acceptors (Lipinski definition) is 5. The maximum atomic E-state index is 12.3. The predicted molar refractivity (Wildman–Crippen MR) is 80.2 cm³/mol. The lowest BCUT2D eigenvalue weighted by molar-refractivity contribution is 0.601. The number of nitrogens with zero attached hydrogens (tertiary/aromatic N) is 3. The van der Waals surface area contributed by atoms with Gasteiger partial charge < -0.3 is 5.73 Å². The molecular weight excluding hydrogens is 290 g/mol. The Morgan fingerprint density at radius 1 is 1.19 bits per heavy atom. The van der Waals surface area contributed by atoms with Crippen LogP contribution in [0.25, 0.3) is 10.9 Å². The predicted octanol–water partition coefficient (Wildman–Crippen LogP) is 1.35. The number of pyridine rings is 1. The minimum Gasteiger partial charge on any atom is -0.384 e. The maximum Gasteiger partial charge on any atom is 0.263 e. The van der Waals surface area contributed by atoms with Crippen molar-refractivity contribution in [3.8, 4) is 0 Å². The number of aryl methyl sites for hydroxylation is 1. The van der Waals surface area contributed by atoms with Crippen molar-refractivity contribution in [1.82, 2.24) is 14.8 Å². The van der Waals surface area contributed by atoms with Crippen molar-refractivity contribution in [3.05, 3.63) is 42.6 Å². The quantitative estimate of drug-likeness (QED) is 0.760. The van der Waals surface area contributed by atoms with Crippen molar-refractivity contribution in [2.24, 2.45) is 7.05 Å². The summed E-state index contributed by atoms with van der Waals surface area (Å²) in [5.74, 6) is 0.665. The third-order valence-electron chi connectivity index (χ3n) is 2.95. The summed E-state index contributed by atoms with van der Waals surface area (Å²) in [6.07, 6.45) is 1.66. The molecule has 2 aromatic heterocycles. The molecule has 3 rings (SSSR count). The van der Waals surface area contributed by atoms with Gasteiger partial charge in [-0.2, -0.15) is 5.10 Å². The van der Waals surface area contributed by atoms with E-state index in [-0.39, 0.29) is 10.7 Å². The van der Waals surface area contributed by atoms with E-state index in [1.165, 1.54) is 10.7 Å². The highest BCUT2D eigenvalue weighted by Gasteiger charge is 2.16. The molecule has 21 heavy (non-hydrogen) atoms. The molecule has 0 saturated carbocycles. The summed E-state index contributed by atoms with van der Waals surface area (Å²) in [4.78, 5) is 4.28. The minimum atomic E-state index is -3.69. The Kier molecular flexibility index (Phi) is 3.02. The number of benzene rings is 1. The van der Waals surface area contributed by atoms with Gasteiger partial charge in [-0.1, -0.05) is 0 Å². The molecule has 108 valence electrons. The largest absolute Gasteiger partial charge is 0.384 e. The standard InChI is InChI=1S/C13H13N5O2S/c1-18-7-6-13(16-18)17-21(19,20)10-3-4-11-9(8-10)2-5-12(14)15-11/h2-8H,1H3,(H2,14,15)(H,16,17). The molecule has 1 aromatic carbocycles. The van der Waals surface area contributed by atoms with Crippen molar-refractivity contribution < 1.29 is 8.42 Å². The molecule has 0 atom stereocenters. The Balaban J connectivity index is 2.00. The van der Waals surface area contributed by atoms with Crippen LogP contribution >= 0.6 is 0 Å². The maximum absolute atomic E-state index is 12.3. The average Bonchev–Trinajstić information content (AvgIpc) is 2.82. The number of nitrogens with two attached hydrogens (primary N) is 1. The number of sulfonamides is 1. The monoisotopic (exact) mass is 303 g/mol. The molecule has 0 aliphatic carbocycles. The van der Waals surface area contributed by atoms with Gasteiger partial charge in [-0.15, -0.1) is 0 Å². The second-order valence-corrected chi connectivity index (χ2v) is 6.25. The van der Waals surface area contributed by atoms with E-state index in [1.54, 1.807) is 43.6 Å². The Labute approximate surface area is 121 Å². The first-order valence-electron chi connectivity index (χ1n) is 6.13. The third kappa shape index (κ3) is 2.65. The molecule has 0 amide bonds. The number of nitrogen functional groups attached to an aromatic ring is 1. The van der Waals surface area contributed by atoms with Crippen LogP contribution in [-0.4, -0.2) is 23.2 Å². The molecule has 0 aliphatic rings. The fourth-order valence-corrected chi connectivity index (χ4v) is 2.98. The van der Waals surface area contributed by atoms with Gasteiger partial charge in [0, 0.05) is 24.7 Å². The van der Waals surface area contributed by atoms with Crippen molar-refractivity contribution in [3.63, 3.8) is 0 Å². The van der Waals surface area contributed by atoms with Crippen LogP contribution in [-0.2, 0) is 17.1 Å². The highest BCUT2D eigenvalue weighted by molar-refractivity contribution is 7.92. The summed E-state index contributed by atoms with van der Waals surface area (Å²) in [6.45, 7) is 0. The van der Waals surface area contributed by atoms with Gasteiger partial charge in [0.15, 0.2) is 5.82 Å². The van der Waals surface area contributed by atoms with E-state index in [9.17, 15) is 8.42 Å². The van der Waals surface area contributed by atoms with Crippen LogP contribution in [0.4, 0.5) is 11.6 Å². The third-order valence-corrected chi connectivity index (χ3v) is 4.30. The first-order valence-corrected chi connectivity index (χ1v) is 7.61. The number of hydrogen-bond donors (Lipinski definition) is 2. The summed E-state index contributed by atoms with van der Waals surface area (Å²) in [5.41, 5.74) is 6.25. The van der Waals surface area contributed by atoms with Crippen LogP contribution < -0.4 is 10.5 Å². The Hall–Kier alpha value is -2.61. The summed E-state index contributed by atoms with van der Waals surface area (Å²) in [6, 6.07) is 9.61. The molecule has 8 heteroatoms. The zero-order valence-electron chi connectivity index (χ0n) is 11.2. The second kappa shape index (κ2) is 4.74. The van der Waals surface area contributed by atoms with Gasteiger partial charge in [0.25, 0.3) is 10.0 Å². The van der Waals surface area contributed by atoms with E-state index in [4.69, 9.17) is 5.73 Å².